The third kappa shape index (κ3) is 14.9. The van der Waals surface area contributed by atoms with Crippen LogP contribution >= 0.6 is 0 Å². The van der Waals surface area contributed by atoms with Crippen molar-refractivity contribution < 1.29 is 19.1 Å². The number of carbonyl (C=O) groups excluding carboxylic acids is 2. The molecule has 0 aromatic heterocycles. The molecule has 0 heterocycles. The molecule has 1 aliphatic rings. The summed E-state index contributed by atoms with van der Waals surface area (Å²) in [6, 6.07) is 0. The van der Waals surface area contributed by atoms with Gasteiger partial charge in [0.2, 0.25) is 0 Å². The highest BCUT2D eigenvalue weighted by molar-refractivity contribution is 5.75. The van der Waals surface area contributed by atoms with E-state index in [1.54, 1.807) is 0 Å². The second-order valence-electron chi connectivity index (χ2n) is 10.3. The molecule has 1 fully saturated rings. The van der Waals surface area contributed by atoms with E-state index >= 15 is 0 Å². The summed E-state index contributed by atoms with van der Waals surface area (Å²) in [6.45, 7) is 7.89. The Kier molecular flexibility index (Phi) is 17.6. The topological polar surface area (TPSA) is 52.6 Å². The molecule has 0 spiro atoms. The van der Waals surface area contributed by atoms with Gasteiger partial charge in [0, 0.05) is 0 Å². The predicted molar refractivity (Wildman–Crippen MR) is 133 cm³/mol. The van der Waals surface area contributed by atoms with Crippen molar-refractivity contribution in [1.82, 2.24) is 0 Å². The smallest absolute Gasteiger partial charge is 0.308 e. The van der Waals surface area contributed by atoms with Gasteiger partial charge >= 0.3 is 11.9 Å². The monoisotopic (exact) mass is 452 g/mol. The standard InChI is InChI=1S/C28H52O4/c1-4-5-6-7-9-12-15-22-31-27(29)25-18-20-26(21-19-25)28(30)32-23-16-13-10-8-11-14-17-24(2)3/h24-26H,4-23H2,1-3H3. The van der Waals surface area contributed by atoms with Crippen LogP contribution in [0.3, 0.4) is 0 Å². The van der Waals surface area contributed by atoms with Crippen LogP contribution in [-0.2, 0) is 19.1 Å². The van der Waals surface area contributed by atoms with Crippen LogP contribution in [0.4, 0.5) is 0 Å². The first-order chi connectivity index (χ1) is 15.5. The fourth-order valence-corrected chi connectivity index (χ4v) is 4.57. The molecule has 1 aliphatic carbocycles. The first-order valence-electron chi connectivity index (χ1n) is 13.9. The Bertz CT molecular complexity index is 466. The average molecular weight is 453 g/mol. The summed E-state index contributed by atoms with van der Waals surface area (Å²) in [4.78, 5) is 24.6. The Labute approximate surface area is 198 Å². The van der Waals surface area contributed by atoms with Crippen molar-refractivity contribution in [3.05, 3.63) is 0 Å². The minimum atomic E-state index is -0.0591. The fourth-order valence-electron chi connectivity index (χ4n) is 4.57. The second kappa shape index (κ2) is 19.4. The van der Waals surface area contributed by atoms with Gasteiger partial charge in [-0.1, -0.05) is 97.8 Å². The van der Waals surface area contributed by atoms with Crippen molar-refractivity contribution in [2.45, 2.75) is 136 Å². The van der Waals surface area contributed by atoms with Crippen LogP contribution in [0, 0.1) is 17.8 Å². The lowest BCUT2D eigenvalue weighted by Crippen LogP contribution is -2.28. The number of esters is 2. The molecule has 4 heteroatoms. The van der Waals surface area contributed by atoms with Crippen LogP contribution in [0.15, 0.2) is 0 Å². The van der Waals surface area contributed by atoms with Crippen LogP contribution in [0.25, 0.3) is 0 Å². The van der Waals surface area contributed by atoms with E-state index in [1.807, 2.05) is 0 Å². The second-order valence-corrected chi connectivity index (χ2v) is 10.3. The third-order valence-corrected chi connectivity index (χ3v) is 6.81. The third-order valence-electron chi connectivity index (χ3n) is 6.81. The molecule has 0 saturated heterocycles. The van der Waals surface area contributed by atoms with Gasteiger partial charge in [-0.2, -0.15) is 0 Å². The summed E-state index contributed by atoms with van der Waals surface area (Å²) in [5.41, 5.74) is 0. The van der Waals surface area contributed by atoms with Crippen molar-refractivity contribution in [1.29, 1.82) is 0 Å². The molecule has 0 aromatic rings. The van der Waals surface area contributed by atoms with E-state index in [1.165, 1.54) is 64.2 Å². The van der Waals surface area contributed by atoms with Crippen molar-refractivity contribution in [3.8, 4) is 0 Å². The average Bonchev–Trinajstić information content (AvgIpc) is 2.79. The van der Waals surface area contributed by atoms with Gasteiger partial charge in [-0.3, -0.25) is 9.59 Å². The van der Waals surface area contributed by atoms with E-state index in [2.05, 4.69) is 20.8 Å². The minimum Gasteiger partial charge on any atom is -0.465 e. The molecule has 0 amide bonds. The molecule has 32 heavy (non-hydrogen) atoms. The summed E-state index contributed by atoms with van der Waals surface area (Å²) in [6.07, 6.45) is 20.2. The largest absolute Gasteiger partial charge is 0.465 e. The van der Waals surface area contributed by atoms with E-state index in [4.69, 9.17) is 9.47 Å². The molecule has 4 nitrogen and oxygen atoms in total. The highest BCUT2D eigenvalue weighted by Gasteiger charge is 2.31. The van der Waals surface area contributed by atoms with E-state index in [9.17, 15) is 9.59 Å². The Balaban J connectivity index is 1.98. The van der Waals surface area contributed by atoms with Crippen LogP contribution in [0.1, 0.15) is 136 Å². The number of ether oxygens (including phenoxy) is 2. The van der Waals surface area contributed by atoms with Crippen LogP contribution in [0.2, 0.25) is 0 Å². The Morgan fingerprint density at radius 1 is 0.625 bits per heavy atom. The van der Waals surface area contributed by atoms with Crippen LogP contribution in [-0.4, -0.2) is 25.2 Å². The highest BCUT2D eigenvalue weighted by atomic mass is 16.5. The maximum Gasteiger partial charge on any atom is 0.308 e. The van der Waals surface area contributed by atoms with Crippen molar-refractivity contribution >= 4 is 11.9 Å². The number of unbranched alkanes of at least 4 members (excludes halogenated alkanes) is 11. The number of hydrogen-bond donors (Lipinski definition) is 0. The molecule has 0 aromatic carbocycles. The SMILES string of the molecule is CCCCCCCCCOC(=O)C1CCC(C(=O)OCCCCCCCCC(C)C)CC1. The summed E-state index contributed by atoms with van der Waals surface area (Å²) in [7, 11) is 0. The molecular formula is C28H52O4. The molecule has 1 rings (SSSR count). The van der Waals surface area contributed by atoms with Crippen LogP contribution < -0.4 is 0 Å². The molecular weight excluding hydrogens is 400 g/mol. The molecule has 0 N–H and O–H groups in total. The lowest BCUT2D eigenvalue weighted by atomic mass is 9.82. The summed E-state index contributed by atoms with van der Waals surface area (Å²) < 4.78 is 11.0. The maximum absolute atomic E-state index is 12.3. The van der Waals surface area contributed by atoms with Gasteiger partial charge < -0.3 is 9.47 Å². The van der Waals surface area contributed by atoms with Crippen molar-refractivity contribution in [2.24, 2.45) is 17.8 Å². The lowest BCUT2D eigenvalue weighted by molar-refractivity contribution is -0.155. The normalized spacial score (nSPS) is 18.6. The number of hydrogen-bond acceptors (Lipinski definition) is 4. The van der Waals surface area contributed by atoms with Gasteiger partial charge in [0.15, 0.2) is 0 Å². The van der Waals surface area contributed by atoms with Crippen LogP contribution in [0.5, 0.6) is 0 Å². The first kappa shape index (κ1) is 29.0. The van der Waals surface area contributed by atoms with Gasteiger partial charge in [-0.05, 0) is 44.4 Å². The zero-order valence-electron chi connectivity index (χ0n) is 21.5. The highest BCUT2D eigenvalue weighted by Crippen LogP contribution is 2.30. The van der Waals surface area contributed by atoms with E-state index in [0.29, 0.717) is 13.2 Å². The maximum atomic E-state index is 12.3. The predicted octanol–water partition coefficient (Wildman–Crippen LogP) is 8.02. The summed E-state index contributed by atoms with van der Waals surface area (Å²) in [5, 5.41) is 0. The Hall–Kier alpha value is -1.06. The van der Waals surface area contributed by atoms with Gasteiger partial charge in [-0.25, -0.2) is 0 Å². The molecule has 188 valence electrons. The van der Waals surface area contributed by atoms with E-state index < -0.39 is 0 Å². The Morgan fingerprint density at radius 3 is 1.41 bits per heavy atom. The molecule has 0 atom stereocenters. The fraction of sp³-hybridized carbons (Fsp3) is 0.929. The number of rotatable bonds is 19. The lowest BCUT2D eigenvalue weighted by Gasteiger charge is -2.26. The Morgan fingerprint density at radius 2 is 1.00 bits per heavy atom. The summed E-state index contributed by atoms with van der Waals surface area (Å²) in [5.74, 6) is 0.635. The summed E-state index contributed by atoms with van der Waals surface area (Å²) >= 11 is 0. The van der Waals surface area contributed by atoms with Gasteiger partial charge in [-0.15, -0.1) is 0 Å². The molecule has 0 unspecified atom stereocenters. The van der Waals surface area contributed by atoms with E-state index in [-0.39, 0.29) is 23.8 Å². The minimum absolute atomic E-state index is 0.0284. The molecule has 1 saturated carbocycles. The molecule has 0 radical (unpaired) electrons. The zero-order chi connectivity index (χ0) is 23.4. The van der Waals surface area contributed by atoms with E-state index in [0.717, 1.165) is 57.3 Å². The van der Waals surface area contributed by atoms with Crippen molar-refractivity contribution in [2.75, 3.05) is 13.2 Å². The van der Waals surface area contributed by atoms with Gasteiger partial charge in [0.25, 0.3) is 0 Å². The van der Waals surface area contributed by atoms with Crippen molar-refractivity contribution in [3.63, 3.8) is 0 Å². The van der Waals surface area contributed by atoms with Gasteiger partial charge in [0.05, 0.1) is 25.0 Å². The first-order valence-corrected chi connectivity index (χ1v) is 13.9. The number of carbonyl (C=O) groups is 2. The zero-order valence-corrected chi connectivity index (χ0v) is 21.5. The molecule has 0 bridgehead atoms. The quantitative estimate of drug-likeness (QED) is 0.147. The molecule has 0 aliphatic heterocycles. The van der Waals surface area contributed by atoms with Gasteiger partial charge in [0.1, 0.15) is 0 Å².